The van der Waals surface area contributed by atoms with Crippen LogP contribution in [0, 0.1) is 0 Å². The Labute approximate surface area is 107 Å². The maximum absolute atomic E-state index is 11.9. The summed E-state index contributed by atoms with van der Waals surface area (Å²) in [5, 5.41) is 0. The topological polar surface area (TPSA) is 35.5 Å². The van der Waals surface area contributed by atoms with Gasteiger partial charge in [-0.1, -0.05) is 43.7 Å². The van der Waals surface area contributed by atoms with Crippen molar-refractivity contribution < 1.29 is 14.3 Å². The average molecular weight is 246 g/mol. The number of hydrogen-bond donors (Lipinski definition) is 0. The smallest absolute Gasteiger partial charge is 0.341 e. The Kier molecular flexibility index (Phi) is 3.82. The first-order chi connectivity index (χ1) is 8.71. The third kappa shape index (κ3) is 2.46. The zero-order valence-corrected chi connectivity index (χ0v) is 10.8. The lowest BCUT2D eigenvalue weighted by Gasteiger charge is -2.23. The van der Waals surface area contributed by atoms with E-state index in [9.17, 15) is 4.79 Å². The highest BCUT2D eigenvalue weighted by Gasteiger charge is 2.40. The molecule has 3 nitrogen and oxygen atoms in total. The van der Waals surface area contributed by atoms with E-state index in [2.05, 4.69) is 6.92 Å². The lowest BCUT2D eigenvalue weighted by atomic mass is 10.0. The van der Waals surface area contributed by atoms with Crippen LogP contribution in [0.3, 0.4) is 0 Å². The van der Waals surface area contributed by atoms with Crippen LogP contribution in [0.1, 0.15) is 31.7 Å². The van der Waals surface area contributed by atoms with Gasteiger partial charge in [0.1, 0.15) is 0 Å². The number of benzene rings is 1. The summed E-state index contributed by atoms with van der Waals surface area (Å²) in [6.45, 7) is 2.10. The van der Waals surface area contributed by atoms with Gasteiger partial charge in [0.25, 0.3) is 0 Å². The molecule has 0 amide bonds. The van der Waals surface area contributed by atoms with Gasteiger partial charge < -0.3 is 9.47 Å². The Morgan fingerprint density at radius 1 is 1.28 bits per heavy atom. The summed E-state index contributed by atoms with van der Waals surface area (Å²) < 4.78 is 10.8. The van der Waals surface area contributed by atoms with Gasteiger partial charge in [-0.25, -0.2) is 4.79 Å². The van der Waals surface area contributed by atoms with Gasteiger partial charge in [-0.2, -0.15) is 0 Å². The SMILES string of the molecule is CCCCC1(OC)C=C(c2ccccc2)C(=O)O1. The van der Waals surface area contributed by atoms with Crippen LogP contribution in [0.25, 0.3) is 5.57 Å². The molecule has 0 radical (unpaired) electrons. The van der Waals surface area contributed by atoms with Crippen molar-refractivity contribution in [2.24, 2.45) is 0 Å². The van der Waals surface area contributed by atoms with Crippen LogP contribution in [0.5, 0.6) is 0 Å². The second kappa shape index (κ2) is 5.36. The first kappa shape index (κ1) is 12.8. The number of rotatable bonds is 5. The van der Waals surface area contributed by atoms with E-state index in [0.29, 0.717) is 12.0 Å². The number of methoxy groups -OCH3 is 1. The third-order valence-corrected chi connectivity index (χ3v) is 3.16. The molecule has 2 rings (SSSR count). The average Bonchev–Trinajstić information content (AvgIpc) is 2.75. The van der Waals surface area contributed by atoms with Crippen molar-refractivity contribution in [3.05, 3.63) is 42.0 Å². The fourth-order valence-corrected chi connectivity index (χ4v) is 2.09. The summed E-state index contributed by atoms with van der Waals surface area (Å²) in [5.74, 6) is -1.18. The van der Waals surface area contributed by atoms with Crippen molar-refractivity contribution in [1.29, 1.82) is 0 Å². The van der Waals surface area contributed by atoms with Crippen molar-refractivity contribution >= 4 is 11.5 Å². The first-order valence-electron chi connectivity index (χ1n) is 6.27. The summed E-state index contributed by atoms with van der Waals surface area (Å²) >= 11 is 0. The minimum absolute atomic E-state index is 0.306. The minimum Gasteiger partial charge on any atom is -0.426 e. The zero-order valence-electron chi connectivity index (χ0n) is 10.8. The Morgan fingerprint density at radius 3 is 2.61 bits per heavy atom. The molecule has 3 heteroatoms. The Balaban J connectivity index is 2.28. The second-order valence-electron chi connectivity index (χ2n) is 4.43. The van der Waals surface area contributed by atoms with Crippen molar-refractivity contribution in [1.82, 2.24) is 0 Å². The molecule has 96 valence electrons. The lowest BCUT2D eigenvalue weighted by Crippen LogP contribution is -2.30. The standard InChI is InChI=1S/C15H18O3/c1-3-4-10-15(17-2)11-13(14(16)18-15)12-8-6-5-7-9-12/h5-9,11H,3-4,10H2,1-2H3. The second-order valence-corrected chi connectivity index (χ2v) is 4.43. The molecule has 1 unspecified atom stereocenters. The van der Waals surface area contributed by atoms with Gasteiger partial charge in [-0.05, 0) is 12.0 Å². The maximum Gasteiger partial charge on any atom is 0.341 e. The van der Waals surface area contributed by atoms with Crippen LogP contribution < -0.4 is 0 Å². The normalized spacial score (nSPS) is 22.8. The van der Waals surface area contributed by atoms with Crippen LogP contribution >= 0.6 is 0 Å². The first-order valence-corrected chi connectivity index (χ1v) is 6.27. The van der Waals surface area contributed by atoms with Gasteiger partial charge in [0.15, 0.2) is 0 Å². The molecule has 0 bridgehead atoms. The molecule has 0 saturated heterocycles. The summed E-state index contributed by atoms with van der Waals surface area (Å²) in [5.41, 5.74) is 1.46. The molecule has 1 aliphatic rings. The number of ether oxygens (including phenoxy) is 2. The van der Waals surface area contributed by atoms with Gasteiger partial charge >= 0.3 is 5.97 Å². The van der Waals surface area contributed by atoms with Crippen molar-refractivity contribution in [3.63, 3.8) is 0 Å². The quantitative estimate of drug-likeness (QED) is 0.749. The van der Waals surface area contributed by atoms with Crippen molar-refractivity contribution in [2.45, 2.75) is 32.0 Å². The molecule has 1 aliphatic heterocycles. The number of carbonyl (C=O) groups excluding carboxylic acids is 1. The summed E-state index contributed by atoms with van der Waals surface area (Å²) in [6, 6.07) is 9.53. The number of esters is 1. The highest BCUT2D eigenvalue weighted by molar-refractivity contribution is 6.18. The summed E-state index contributed by atoms with van der Waals surface area (Å²) in [4.78, 5) is 11.9. The van der Waals surface area contributed by atoms with E-state index in [4.69, 9.17) is 9.47 Å². The Hall–Kier alpha value is -1.61. The highest BCUT2D eigenvalue weighted by atomic mass is 16.7. The number of hydrogen-bond acceptors (Lipinski definition) is 3. The van der Waals surface area contributed by atoms with E-state index in [1.54, 1.807) is 13.2 Å². The van der Waals surface area contributed by atoms with E-state index < -0.39 is 5.79 Å². The molecule has 1 aromatic rings. The van der Waals surface area contributed by atoms with E-state index in [1.807, 2.05) is 30.3 Å². The minimum atomic E-state index is -0.877. The summed E-state index contributed by atoms with van der Waals surface area (Å²) in [7, 11) is 1.58. The molecule has 0 fully saturated rings. The largest absolute Gasteiger partial charge is 0.426 e. The zero-order chi connectivity index (χ0) is 13.0. The molecule has 0 aliphatic carbocycles. The van der Waals surface area contributed by atoms with Crippen LogP contribution in [0.15, 0.2) is 36.4 Å². The Morgan fingerprint density at radius 2 is 2.00 bits per heavy atom. The molecular weight excluding hydrogens is 228 g/mol. The fourth-order valence-electron chi connectivity index (χ4n) is 2.09. The highest BCUT2D eigenvalue weighted by Crippen LogP contribution is 2.34. The van der Waals surface area contributed by atoms with E-state index in [1.165, 1.54) is 0 Å². The van der Waals surface area contributed by atoms with Crippen LogP contribution in [0.4, 0.5) is 0 Å². The van der Waals surface area contributed by atoms with Crippen LogP contribution in [-0.2, 0) is 14.3 Å². The van der Waals surface area contributed by atoms with Gasteiger partial charge in [0, 0.05) is 19.6 Å². The van der Waals surface area contributed by atoms with E-state index in [0.717, 1.165) is 18.4 Å². The molecule has 1 atom stereocenters. The monoisotopic (exact) mass is 246 g/mol. The van der Waals surface area contributed by atoms with Crippen LogP contribution in [0.2, 0.25) is 0 Å². The molecule has 0 saturated carbocycles. The fraction of sp³-hybridized carbons (Fsp3) is 0.400. The summed E-state index contributed by atoms with van der Waals surface area (Å²) in [6.07, 6.45) is 4.50. The van der Waals surface area contributed by atoms with Gasteiger partial charge in [-0.3, -0.25) is 0 Å². The van der Waals surface area contributed by atoms with Crippen LogP contribution in [-0.4, -0.2) is 18.9 Å². The van der Waals surface area contributed by atoms with Gasteiger partial charge in [0.05, 0.1) is 5.57 Å². The molecular formula is C15H18O3. The molecule has 0 N–H and O–H groups in total. The van der Waals surface area contributed by atoms with Gasteiger partial charge in [-0.15, -0.1) is 0 Å². The van der Waals surface area contributed by atoms with Gasteiger partial charge in [0.2, 0.25) is 5.79 Å². The lowest BCUT2D eigenvalue weighted by molar-refractivity contribution is -0.190. The molecule has 1 heterocycles. The Bertz CT molecular complexity index is 450. The predicted octanol–water partition coefficient (Wildman–Crippen LogP) is 3.16. The van der Waals surface area contributed by atoms with E-state index in [-0.39, 0.29) is 5.97 Å². The maximum atomic E-state index is 11.9. The predicted molar refractivity (Wildman–Crippen MR) is 69.8 cm³/mol. The number of cyclic esters (lactones) is 1. The molecule has 18 heavy (non-hydrogen) atoms. The number of carbonyl (C=O) groups is 1. The van der Waals surface area contributed by atoms with E-state index >= 15 is 0 Å². The van der Waals surface area contributed by atoms with Crippen molar-refractivity contribution in [2.75, 3.05) is 7.11 Å². The number of unbranched alkanes of at least 4 members (excludes halogenated alkanes) is 1. The molecule has 0 aromatic heterocycles. The molecule has 1 aromatic carbocycles. The molecule has 0 spiro atoms. The third-order valence-electron chi connectivity index (χ3n) is 3.16. The van der Waals surface area contributed by atoms with Crippen molar-refractivity contribution in [3.8, 4) is 0 Å².